The van der Waals surface area contributed by atoms with Gasteiger partial charge in [-0.15, -0.1) is 0 Å². The monoisotopic (exact) mass is 142 g/mol. The summed E-state index contributed by atoms with van der Waals surface area (Å²) < 4.78 is 5.10. The lowest BCUT2D eigenvalue weighted by Gasteiger charge is -2.06. The highest BCUT2D eigenvalue weighted by Gasteiger charge is 1.99. The van der Waals surface area contributed by atoms with Crippen molar-refractivity contribution in [3.05, 3.63) is 0 Å². The van der Waals surface area contributed by atoms with Crippen LogP contribution in [0.3, 0.4) is 0 Å². The largest absolute Gasteiger partial charge is 0.378 e. The molecule has 0 aromatic carbocycles. The van der Waals surface area contributed by atoms with Gasteiger partial charge in [0.25, 0.3) is 0 Å². The van der Waals surface area contributed by atoms with Crippen LogP contribution >= 0.6 is 0 Å². The molecular weight excluding hydrogens is 128 g/mol. The van der Waals surface area contributed by atoms with Gasteiger partial charge in [0.2, 0.25) is 0 Å². The molecule has 10 heavy (non-hydrogen) atoms. The Bertz CT molecular complexity index is 117. The van der Waals surface area contributed by atoms with Crippen molar-refractivity contribution in [3.8, 4) is 6.07 Å². The van der Waals surface area contributed by atoms with E-state index in [4.69, 9.17) is 15.7 Å². The van der Waals surface area contributed by atoms with Crippen LogP contribution in [0.1, 0.15) is 13.8 Å². The van der Waals surface area contributed by atoms with Crippen molar-refractivity contribution in [2.24, 2.45) is 11.7 Å². The van der Waals surface area contributed by atoms with Gasteiger partial charge >= 0.3 is 0 Å². The van der Waals surface area contributed by atoms with Gasteiger partial charge in [0, 0.05) is 6.61 Å². The van der Waals surface area contributed by atoms with Crippen LogP contribution in [0.15, 0.2) is 0 Å². The molecule has 0 saturated carbocycles. The van der Waals surface area contributed by atoms with Crippen LogP contribution in [0.4, 0.5) is 0 Å². The fraction of sp³-hybridized carbons (Fsp3) is 0.857. The highest BCUT2D eigenvalue weighted by molar-refractivity contribution is 4.85. The first-order chi connectivity index (χ1) is 4.66. The lowest BCUT2D eigenvalue weighted by Crippen LogP contribution is -2.24. The average molecular weight is 142 g/mol. The molecular formula is C7H14N2O. The SMILES string of the molecule is CC(C)COCC(N)C#N. The molecule has 1 unspecified atom stereocenters. The van der Waals surface area contributed by atoms with Gasteiger partial charge in [-0.1, -0.05) is 13.8 Å². The van der Waals surface area contributed by atoms with Crippen LogP contribution in [0, 0.1) is 17.2 Å². The minimum atomic E-state index is -0.473. The molecule has 0 rings (SSSR count). The van der Waals surface area contributed by atoms with Gasteiger partial charge in [0.15, 0.2) is 0 Å². The minimum absolute atomic E-state index is 0.342. The van der Waals surface area contributed by atoms with Gasteiger partial charge in [-0.05, 0) is 5.92 Å². The van der Waals surface area contributed by atoms with Crippen molar-refractivity contribution >= 4 is 0 Å². The van der Waals surface area contributed by atoms with Crippen molar-refractivity contribution < 1.29 is 4.74 Å². The van der Waals surface area contributed by atoms with E-state index >= 15 is 0 Å². The molecule has 0 radical (unpaired) electrons. The van der Waals surface area contributed by atoms with E-state index in [1.165, 1.54) is 0 Å². The van der Waals surface area contributed by atoms with Crippen LogP contribution < -0.4 is 5.73 Å². The number of hydrogen-bond acceptors (Lipinski definition) is 3. The molecule has 0 aromatic heterocycles. The quantitative estimate of drug-likeness (QED) is 0.622. The topological polar surface area (TPSA) is 59.0 Å². The summed E-state index contributed by atoms with van der Waals surface area (Å²) in [6, 6.07) is 1.42. The molecule has 0 saturated heterocycles. The Morgan fingerprint density at radius 3 is 2.50 bits per heavy atom. The van der Waals surface area contributed by atoms with Crippen LogP contribution in [0.5, 0.6) is 0 Å². The highest BCUT2D eigenvalue weighted by Crippen LogP contribution is 1.92. The summed E-state index contributed by atoms with van der Waals surface area (Å²) in [4.78, 5) is 0. The fourth-order valence-electron chi connectivity index (χ4n) is 0.468. The molecule has 58 valence electrons. The van der Waals surface area contributed by atoms with Crippen LogP contribution in [0.2, 0.25) is 0 Å². The first kappa shape index (κ1) is 9.41. The van der Waals surface area contributed by atoms with Gasteiger partial charge in [-0.25, -0.2) is 0 Å². The van der Waals surface area contributed by atoms with E-state index < -0.39 is 6.04 Å². The van der Waals surface area contributed by atoms with Crippen LogP contribution in [0.25, 0.3) is 0 Å². The standard InChI is InChI=1S/C7H14N2O/c1-6(2)4-10-5-7(9)3-8/h6-7H,4-5,9H2,1-2H3. The third kappa shape index (κ3) is 5.54. The predicted octanol–water partition coefficient (Wildman–Crippen LogP) is 0.510. The van der Waals surface area contributed by atoms with E-state index in [0.29, 0.717) is 19.1 Å². The van der Waals surface area contributed by atoms with Crippen molar-refractivity contribution in [3.63, 3.8) is 0 Å². The average Bonchev–Trinajstić information content (AvgIpc) is 1.87. The molecule has 0 heterocycles. The Morgan fingerprint density at radius 2 is 2.10 bits per heavy atom. The molecule has 0 aliphatic rings. The summed E-state index contributed by atoms with van der Waals surface area (Å²) in [6.45, 7) is 5.12. The maximum Gasteiger partial charge on any atom is 0.116 e. The summed E-state index contributed by atoms with van der Waals surface area (Å²) in [5.74, 6) is 0.505. The molecule has 0 fully saturated rings. The van der Waals surface area contributed by atoms with Crippen molar-refractivity contribution in [1.29, 1.82) is 5.26 Å². The van der Waals surface area contributed by atoms with Gasteiger partial charge in [0.1, 0.15) is 6.04 Å². The maximum absolute atomic E-state index is 8.25. The van der Waals surface area contributed by atoms with E-state index in [0.717, 1.165) is 0 Å². The predicted molar refractivity (Wildman–Crippen MR) is 39.2 cm³/mol. The lowest BCUT2D eigenvalue weighted by atomic mass is 10.2. The first-order valence-corrected chi connectivity index (χ1v) is 3.39. The minimum Gasteiger partial charge on any atom is -0.378 e. The molecule has 0 bridgehead atoms. The molecule has 2 N–H and O–H groups in total. The summed E-state index contributed by atoms with van der Waals surface area (Å²) in [6.07, 6.45) is 0. The summed E-state index contributed by atoms with van der Waals surface area (Å²) in [5.41, 5.74) is 5.27. The highest BCUT2D eigenvalue weighted by atomic mass is 16.5. The van der Waals surface area contributed by atoms with Crippen molar-refractivity contribution in [1.82, 2.24) is 0 Å². The van der Waals surface area contributed by atoms with E-state index in [-0.39, 0.29) is 0 Å². The zero-order valence-electron chi connectivity index (χ0n) is 6.50. The number of ether oxygens (including phenoxy) is 1. The molecule has 0 aliphatic heterocycles. The Balaban J connectivity index is 3.13. The van der Waals surface area contributed by atoms with Crippen molar-refractivity contribution in [2.75, 3.05) is 13.2 Å². The van der Waals surface area contributed by atoms with Crippen LogP contribution in [-0.4, -0.2) is 19.3 Å². The third-order valence-electron chi connectivity index (χ3n) is 0.914. The number of nitriles is 1. The lowest BCUT2D eigenvalue weighted by molar-refractivity contribution is 0.107. The molecule has 0 spiro atoms. The van der Waals surface area contributed by atoms with E-state index in [1.807, 2.05) is 6.07 Å². The Kier molecular flexibility index (Phi) is 4.91. The fourth-order valence-corrected chi connectivity index (χ4v) is 0.468. The van der Waals surface area contributed by atoms with E-state index in [1.54, 1.807) is 0 Å². The second-order valence-electron chi connectivity index (χ2n) is 2.67. The van der Waals surface area contributed by atoms with Gasteiger partial charge in [-0.2, -0.15) is 5.26 Å². The van der Waals surface area contributed by atoms with Crippen LogP contribution in [-0.2, 0) is 4.74 Å². The number of nitrogens with zero attached hydrogens (tertiary/aromatic N) is 1. The summed E-state index contributed by atoms with van der Waals surface area (Å²) in [7, 11) is 0. The second-order valence-corrected chi connectivity index (χ2v) is 2.67. The Morgan fingerprint density at radius 1 is 1.50 bits per heavy atom. The first-order valence-electron chi connectivity index (χ1n) is 3.39. The normalized spacial score (nSPS) is 13.1. The number of rotatable bonds is 4. The zero-order chi connectivity index (χ0) is 7.98. The Hall–Kier alpha value is -0.590. The smallest absolute Gasteiger partial charge is 0.116 e. The second kappa shape index (κ2) is 5.21. The molecule has 0 aromatic rings. The molecule has 3 heteroatoms. The summed E-state index contributed by atoms with van der Waals surface area (Å²) >= 11 is 0. The third-order valence-corrected chi connectivity index (χ3v) is 0.914. The van der Waals surface area contributed by atoms with E-state index in [9.17, 15) is 0 Å². The number of hydrogen-bond donors (Lipinski definition) is 1. The number of nitrogens with two attached hydrogens (primary N) is 1. The zero-order valence-corrected chi connectivity index (χ0v) is 6.50. The summed E-state index contributed by atoms with van der Waals surface area (Å²) in [5, 5.41) is 8.25. The Labute approximate surface area is 61.8 Å². The molecule has 1 atom stereocenters. The maximum atomic E-state index is 8.25. The van der Waals surface area contributed by atoms with E-state index in [2.05, 4.69) is 13.8 Å². The molecule has 3 nitrogen and oxygen atoms in total. The molecule has 0 aliphatic carbocycles. The molecule has 0 amide bonds. The van der Waals surface area contributed by atoms with Gasteiger partial charge < -0.3 is 10.5 Å². The van der Waals surface area contributed by atoms with Gasteiger partial charge in [-0.3, -0.25) is 0 Å². The van der Waals surface area contributed by atoms with Gasteiger partial charge in [0.05, 0.1) is 12.7 Å². The van der Waals surface area contributed by atoms with Crippen molar-refractivity contribution in [2.45, 2.75) is 19.9 Å².